The first-order chi connectivity index (χ1) is 24.5. The van der Waals surface area contributed by atoms with E-state index in [0.717, 1.165) is 23.7 Å². The number of ether oxygens (including phenoxy) is 5. The Hall–Kier alpha value is -2.49. The van der Waals surface area contributed by atoms with Crippen molar-refractivity contribution in [3.63, 3.8) is 0 Å². The van der Waals surface area contributed by atoms with E-state index in [1.165, 1.54) is 6.92 Å². The predicted molar refractivity (Wildman–Crippen MR) is 198 cm³/mol. The number of rotatable bonds is 11. The zero-order valence-electron chi connectivity index (χ0n) is 32.4. The summed E-state index contributed by atoms with van der Waals surface area (Å²) in [5.41, 5.74) is -4.61. The molecule has 1 N–H and O–H groups in total. The molecular formula is C40H58O10Si2. The number of esters is 2. The van der Waals surface area contributed by atoms with Gasteiger partial charge in [0.05, 0.1) is 24.2 Å². The topological polar surface area (TPSA) is 127 Å². The van der Waals surface area contributed by atoms with Gasteiger partial charge in [-0.1, -0.05) is 80.2 Å². The molecule has 1 aromatic rings. The van der Waals surface area contributed by atoms with E-state index in [-0.39, 0.29) is 18.9 Å². The van der Waals surface area contributed by atoms with Crippen LogP contribution in [0.3, 0.4) is 0 Å². The highest BCUT2D eigenvalue weighted by Gasteiger charge is 2.79. The highest BCUT2D eigenvalue weighted by Crippen LogP contribution is 2.69. The Labute approximate surface area is 311 Å². The molecule has 2 unspecified atom stereocenters. The average Bonchev–Trinajstić information content (AvgIpc) is 3.55. The molecule has 4 fully saturated rings. The summed E-state index contributed by atoms with van der Waals surface area (Å²) < 4.78 is 54.8. The molecule has 3 aliphatic carbocycles. The second kappa shape index (κ2) is 14.0. The zero-order valence-corrected chi connectivity index (χ0v) is 34.4. The van der Waals surface area contributed by atoms with Crippen LogP contribution >= 0.6 is 0 Å². The van der Waals surface area contributed by atoms with E-state index in [4.69, 9.17) is 28.1 Å². The SMILES string of the molecule is C=CC1O/C2=C3\C(C)[C@@H]([Si](=O)CC)C[C@@](O)([C@@H](OC(=O)c4ccccc4)[C@@H]4[C@]5(OC(C)=O)CO[C@@H]5C[C@H](O[Si](CC)(CC)CC)[C@@]4(C)[C@@H]2O1)C3(C)C. The average molecular weight is 755 g/mol. The molecule has 2 saturated carbocycles. The molecule has 11 atom stereocenters. The van der Waals surface area contributed by atoms with Crippen molar-refractivity contribution in [2.45, 2.75) is 147 Å². The van der Waals surface area contributed by atoms with E-state index in [1.807, 2.05) is 26.8 Å². The largest absolute Gasteiger partial charge is 0.463 e. The Morgan fingerprint density at radius 1 is 1.10 bits per heavy atom. The summed E-state index contributed by atoms with van der Waals surface area (Å²) >= 11 is 0. The number of fused-ring (bicyclic) bond motifs is 7. The maximum atomic E-state index is 14.4. The third kappa shape index (κ3) is 5.68. The second-order valence-electron chi connectivity index (χ2n) is 16.5. The molecule has 2 saturated heterocycles. The van der Waals surface area contributed by atoms with Crippen LogP contribution in [0.15, 0.2) is 54.3 Å². The zero-order chi connectivity index (χ0) is 38.0. The maximum absolute atomic E-state index is 14.4. The molecule has 0 spiro atoms. The minimum absolute atomic E-state index is 0.0355. The van der Waals surface area contributed by atoms with Crippen LogP contribution in [0.2, 0.25) is 29.7 Å². The molecule has 10 nitrogen and oxygen atoms in total. The number of aliphatic hydroxyl groups is 1. The third-order valence-corrected chi connectivity index (χ3v) is 20.8. The predicted octanol–water partition coefficient (Wildman–Crippen LogP) is 7.13. The van der Waals surface area contributed by atoms with Crippen molar-refractivity contribution in [2.75, 3.05) is 6.61 Å². The van der Waals surface area contributed by atoms with Crippen LogP contribution in [0.25, 0.3) is 0 Å². The molecule has 2 bridgehead atoms. The van der Waals surface area contributed by atoms with Gasteiger partial charge < -0.3 is 37.7 Å². The molecule has 6 rings (SSSR count). The van der Waals surface area contributed by atoms with Crippen LogP contribution in [0, 0.1) is 22.7 Å². The highest BCUT2D eigenvalue weighted by molar-refractivity contribution is 6.73. The molecular weight excluding hydrogens is 697 g/mol. The normalized spacial score (nSPS) is 40.3. The van der Waals surface area contributed by atoms with E-state index >= 15 is 0 Å². The summed E-state index contributed by atoms with van der Waals surface area (Å²) in [6.45, 7) is 21.9. The quantitative estimate of drug-likeness (QED) is 0.142. The van der Waals surface area contributed by atoms with Crippen LogP contribution in [0.1, 0.15) is 85.5 Å². The van der Waals surface area contributed by atoms with Gasteiger partial charge >= 0.3 is 11.9 Å². The van der Waals surface area contributed by atoms with Crippen LogP contribution in [0.5, 0.6) is 0 Å². The molecule has 12 heteroatoms. The highest BCUT2D eigenvalue weighted by atomic mass is 28.4. The van der Waals surface area contributed by atoms with E-state index in [1.54, 1.807) is 30.3 Å². The Balaban J connectivity index is 1.72. The fourth-order valence-electron chi connectivity index (χ4n) is 10.7. The lowest BCUT2D eigenvalue weighted by Crippen LogP contribution is -2.81. The Morgan fingerprint density at radius 2 is 1.75 bits per heavy atom. The summed E-state index contributed by atoms with van der Waals surface area (Å²) in [7, 11) is -4.59. The summed E-state index contributed by atoms with van der Waals surface area (Å²) in [5.74, 6) is -1.71. The summed E-state index contributed by atoms with van der Waals surface area (Å²) in [5, 5.41) is 13.8. The molecule has 52 heavy (non-hydrogen) atoms. The number of hydrogen-bond donors (Lipinski definition) is 1. The fourth-order valence-corrected chi connectivity index (χ4v) is 15.4. The lowest BCUT2D eigenvalue weighted by molar-refractivity contribution is -0.357. The molecule has 2 aliphatic heterocycles. The Kier molecular flexibility index (Phi) is 10.5. The van der Waals surface area contributed by atoms with Crippen molar-refractivity contribution in [2.24, 2.45) is 22.7 Å². The van der Waals surface area contributed by atoms with E-state index < -0.39 is 93.1 Å². The molecule has 0 aromatic heterocycles. The molecule has 1 aromatic carbocycles. The molecule has 5 aliphatic rings. The van der Waals surface area contributed by atoms with Gasteiger partial charge in [-0.05, 0) is 60.3 Å². The third-order valence-electron chi connectivity index (χ3n) is 13.9. The van der Waals surface area contributed by atoms with Crippen molar-refractivity contribution >= 4 is 28.9 Å². The molecule has 0 radical (unpaired) electrons. The van der Waals surface area contributed by atoms with Crippen molar-refractivity contribution < 1.29 is 47.3 Å². The molecule has 0 amide bonds. The minimum atomic E-state index is -2.34. The van der Waals surface area contributed by atoms with E-state index in [2.05, 4.69) is 41.2 Å². The van der Waals surface area contributed by atoms with Gasteiger partial charge in [-0.3, -0.25) is 4.79 Å². The van der Waals surface area contributed by atoms with Gasteiger partial charge in [-0.25, -0.2) is 4.79 Å². The lowest BCUT2D eigenvalue weighted by atomic mass is 9.45. The van der Waals surface area contributed by atoms with Gasteiger partial charge in [0.25, 0.3) is 8.68 Å². The van der Waals surface area contributed by atoms with Gasteiger partial charge in [-0.2, -0.15) is 0 Å². The van der Waals surface area contributed by atoms with Gasteiger partial charge in [-0.15, -0.1) is 0 Å². The fraction of sp³-hybridized carbons (Fsp3) is 0.700. The van der Waals surface area contributed by atoms with Gasteiger partial charge in [0.15, 0.2) is 13.9 Å². The lowest BCUT2D eigenvalue weighted by Gasteiger charge is -2.69. The Morgan fingerprint density at radius 3 is 2.29 bits per heavy atom. The van der Waals surface area contributed by atoms with Crippen molar-refractivity contribution in [1.82, 2.24) is 0 Å². The summed E-state index contributed by atoms with van der Waals surface area (Å²) in [4.78, 5) is 27.6. The number of hydrogen-bond acceptors (Lipinski definition) is 10. The Bertz CT molecular complexity index is 1600. The van der Waals surface area contributed by atoms with Crippen molar-refractivity contribution in [3.8, 4) is 0 Å². The van der Waals surface area contributed by atoms with E-state index in [9.17, 15) is 19.2 Å². The van der Waals surface area contributed by atoms with Gasteiger partial charge in [0.1, 0.15) is 29.7 Å². The van der Waals surface area contributed by atoms with Crippen LogP contribution < -0.4 is 0 Å². The minimum Gasteiger partial charge on any atom is -0.463 e. The summed E-state index contributed by atoms with van der Waals surface area (Å²) in [6.07, 6.45) is -1.88. The van der Waals surface area contributed by atoms with Crippen molar-refractivity contribution in [3.05, 3.63) is 59.9 Å². The number of carbonyl (C=O) groups is 2. The monoisotopic (exact) mass is 754 g/mol. The number of carbonyl (C=O) groups excluding carboxylic acids is 2. The molecule has 2 heterocycles. The van der Waals surface area contributed by atoms with Gasteiger partial charge in [0, 0.05) is 29.7 Å². The van der Waals surface area contributed by atoms with Crippen LogP contribution in [-0.4, -0.2) is 82.6 Å². The number of benzene rings is 1. The first kappa shape index (κ1) is 39.2. The summed E-state index contributed by atoms with van der Waals surface area (Å²) in [6, 6.07) is 11.8. The first-order valence-electron chi connectivity index (χ1n) is 19.2. The van der Waals surface area contributed by atoms with Crippen LogP contribution in [-0.2, 0) is 37.4 Å². The maximum Gasteiger partial charge on any atom is 0.338 e. The second-order valence-corrected chi connectivity index (χ2v) is 23.6. The molecule has 286 valence electrons. The standard InChI is InChI=1S/C40H58O10Si2/c1-11-30-46-32-31-24(6)27(51(44)12-2)22-40(43,37(31,8)9)35(48-36(42)26-19-17-16-18-20-26)33-38(10,34(32)47-30)28(50-52(13-3,14-4)15-5)21-29-39(33,23-45-29)49-25(7)41/h11,16-20,24,27-30,33-35,43H,1,12-15,21-23H2,2-10H3/b32-31+/t24?,27-,28-,29+,30?,33-,34+,35-,38+,39-,40+/m0/s1. The first-order valence-corrected chi connectivity index (χ1v) is 23.5. The van der Waals surface area contributed by atoms with Crippen LogP contribution in [0.4, 0.5) is 0 Å². The smallest absolute Gasteiger partial charge is 0.338 e. The van der Waals surface area contributed by atoms with Crippen molar-refractivity contribution in [1.29, 1.82) is 0 Å². The van der Waals surface area contributed by atoms with Gasteiger partial charge in [0.2, 0.25) is 6.29 Å². The van der Waals surface area contributed by atoms with E-state index in [0.29, 0.717) is 23.8 Å².